The third-order valence-corrected chi connectivity index (χ3v) is 6.92. The maximum atomic E-state index is 11.6. The summed E-state index contributed by atoms with van der Waals surface area (Å²) in [6, 6.07) is 0. The molecule has 31 heavy (non-hydrogen) atoms. The number of nitro groups is 1. The van der Waals surface area contributed by atoms with Crippen LogP contribution in [-0.2, 0) is 6.42 Å². The lowest BCUT2D eigenvalue weighted by Crippen LogP contribution is -2.37. The zero-order valence-electron chi connectivity index (χ0n) is 20.2. The summed E-state index contributed by atoms with van der Waals surface area (Å²) in [7, 11) is 0. The number of allylic oxidation sites excluding steroid dienone is 2. The number of unbranched alkanes of at least 4 members (excludes halogenated alkanes) is 7. The van der Waals surface area contributed by atoms with Crippen LogP contribution in [0.5, 0.6) is 11.5 Å². The first-order valence-electron chi connectivity index (χ1n) is 12.0. The van der Waals surface area contributed by atoms with Crippen LogP contribution in [0.4, 0.5) is 0 Å². The Balaban J connectivity index is 1.93. The number of hydrogen-bond acceptors (Lipinski definition) is 4. The lowest BCUT2D eigenvalue weighted by Gasteiger charge is -2.38. The fourth-order valence-electron chi connectivity index (χ4n) is 4.50. The van der Waals surface area contributed by atoms with Crippen LogP contribution in [0.3, 0.4) is 0 Å². The van der Waals surface area contributed by atoms with E-state index < -0.39 is 5.60 Å². The molecule has 0 bridgehead atoms. The summed E-state index contributed by atoms with van der Waals surface area (Å²) in [4.78, 5) is 11.3. The van der Waals surface area contributed by atoms with Crippen molar-refractivity contribution in [3.05, 3.63) is 44.1 Å². The van der Waals surface area contributed by atoms with Crippen LogP contribution >= 0.6 is 0 Å². The van der Waals surface area contributed by atoms with Crippen LogP contribution in [0, 0.1) is 30.9 Å². The van der Waals surface area contributed by atoms with E-state index in [1.807, 2.05) is 26.8 Å². The van der Waals surface area contributed by atoms with Crippen molar-refractivity contribution in [3.8, 4) is 11.5 Å². The molecule has 0 fully saturated rings. The van der Waals surface area contributed by atoms with Gasteiger partial charge in [-0.1, -0.05) is 45.4 Å². The average Bonchev–Trinajstić information content (AvgIpc) is 2.74. The minimum Gasteiger partial charge on any atom is -0.507 e. The van der Waals surface area contributed by atoms with Crippen molar-refractivity contribution in [2.24, 2.45) is 0 Å². The molecule has 0 saturated carbocycles. The number of nitrogens with zero attached hydrogens (tertiary/aromatic N) is 1. The highest BCUT2D eigenvalue weighted by Crippen LogP contribution is 2.44. The second kappa shape index (κ2) is 11.5. The summed E-state index contributed by atoms with van der Waals surface area (Å²) in [5.74, 6) is 1.21. The highest BCUT2D eigenvalue weighted by atomic mass is 16.6. The van der Waals surface area contributed by atoms with Gasteiger partial charge in [-0.15, -0.1) is 0 Å². The molecule has 2 rings (SSSR count). The van der Waals surface area contributed by atoms with E-state index in [0.717, 1.165) is 60.1 Å². The van der Waals surface area contributed by atoms with Crippen LogP contribution in [-0.4, -0.2) is 15.6 Å². The quantitative estimate of drug-likeness (QED) is 0.211. The predicted octanol–water partition coefficient (Wildman–Crippen LogP) is 7.48. The molecular formula is C26H41NO4. The summed E-state index contributed by atoms with van der Waals surface area (Å²) in [5, 5.41) is 21.9. The summed E-state index contributed by atoms with van der Waals surface area (Å²) in [5.41, 5.74) is 3.66. The minimum atomic E-state index is -0.429. The largest absolute Gasteiger partial charge is 0.507 e. The Morgan fingerprint density at radius 1 is 1.10 bits per heavy atom. The molecule has 1 aromatic rings. The van der Waals surface area contributed by atoms with Gasteiger partial charge in [-0.05, 0) is 82.6 Å². The zero-order chi connectivity index (χ0) is 23.0. The van der Waals surface area contributed by atoms with E-state index in [2.05, 4.69) is 13.8 Å². The van der Waals surface area contributed by atoms with E-state index in [1.54, 1.807) is 0 Å². The molecule has 1 unspecified atom stereocenters. The minimum absolute atomic E-state index is 0.223. The first-order chi connectivity index (χ1) is 14.7. The van der Waals surface area contributed by atoms with Gasteiger partial charge < -0.3 is 9.84 Å². The standard InChI is InChI=1S/C26H41NO4/c1-6-7-8-9-10-11-12-13-14-22(27(29)30)15-17-26(5)18-16-23-21(4)24(28)19(2)20(3)25(23)31-26/h14,28H,6-13,15-18H2,1-5H3/b22-14-. The van der Waals surface area contributed by atoms with Crippen LogP contribution in [0.15, 0.2) is 11.8 Å². The second-order valence-electron chi connectivity index (χ2n) is 9.45. The number of benzene rings is 1. The molecule has 1 aromatic carbocycles. The van der Waals surface area contributed by atoms with E-state index >= 15 is 0 Å². The van der Waals surface area contributed by atoms with Crippen molar-refractivity contribution in [1.82, 2.24) is 0 Å². The lowest BCUT2D eigenvalue weighted by molar-refractivity contribution is -0.428. The predicted molar refractivity (Wildman–Crippen MR) is 127 cm³/mol. The number of hydrogen-bond donors (Lipinski definition) is 1. The number of phenolic OH excluding ortho intramolecular Hbond substituents is 1. The Labute approximate surface area is 188 Å². The van der Waals surface area contributed by atoms with Crippen molar-refractivity contribution in [1.29, 1.82) is 0 Å². The molecule has 1 aliphatic rings. The van der Waals surface area contributed by atoms with Crippen molar-refractivity contribution in [3.63, 3.8) is 0 Å². The molecule has 5 nitrogen and oxygen atoms in total. The van der Waals surface area contributed by atoms with Crippen LogP contribution in [0.1, 0.15) is 107 Å². The molecule has 0 aromatic heterocycles. The molecule has 1 atom stereocenters. The number of phenols is 1. The average molecular weight is 432 g/mol. The van der Waals surface area contributed by atoms with Gasteiger partial charge in [0, 0.05) is 12.0 Å². The third-order valence-electron chi connectivity index (χ3n) is 6.92. The van der Waals surface area contributed by atoms with Crippen molar-refractivity contribution >= 4 is 0 Å². The molecule has 5 heteroatoms. The number of aromatic hydroxyl groups is 1. The van der Waals surface area contributed by atoms with Crippen molar-refractivity contribution in [2.45, 2.75) is 117 Å². The monoisotopic (exact) mass is 431 g/mol. The van der Waals surface area contributed by atoms with Gasteiger partial charge >= 0.3 is 0 Å². The molecule has 1 aliphatic heterocycles. The van der Waals surface area contributed by atoms with Gasteiger partial charge in [0.2, 0.25) is 5.70 Å². The molecule has 0 aliphatic carbocycles. The molecule has 1 heterocycles. The van der Waals surface area contributed by atoms with Crippen LogP contribution in [0.25, 0.3) is 0 Å². The van der Waals surface area contributed by atoms with Gasteiger partial charge in [-0.25, -0.2) is 0 Å². The topological polar surface area (TPSA) is 72.6 Å². The Morgan fingerprint density at radius 2 is 1.74 bits per heavy atom. The maximum absolute atomic E-state index is 11.6. The Bertz CT molecular complexity index is 799. The maximum Gasteiger partial charge on any atom is 0.242 e. The fraction of sp³-hybridized carbons (Fsp3) is 0.692. The van der Waals surface area contributed by atoms with Gasteiger partial charge in [0.1, 0.15) is 17.1 Å². The second-order valence-corrected chi connectivity index (χ2v) is 9.45. The summed E-state index contributed by atoms with van der Waals surface area (Å²) in [6.45, 7) is 10.1. The highest BCUT2D eigenvalue weighted by Gasteiger charge is 2.35. The first-order valence-corrected chi connectivity index (χ1v) is 12.0. The molecule has 0 saturated heterocycles. The van der Waals surface area contributed by atoms with Crippen molar-refractivity contribution in [2.75, 3.05) is 0 Å². The Hall–Kier alpha value is -2.04. The highest BCUT2D eigenvalue weighted by molar-refractivity contribution is 5.58. The van der Waals surface area contributed by atoms with Gasteiger partial charge in [-0.3, -0.25) is 10.1 Å². The Morgan fingerprint density at radius 3 is 2.39 bits per heavy atom. The van der Waals surface area contributed by atoms with Gasteiger partial charge in [0.05, 0.1) is 4.92 Å². The zero-order valence-corrected chi connectivity index (χ0v) is 20.2. The molecule has 0 amide bonds. The molecule has 0 radical (unpaired) electrons. The number of rotatable bonds is 12. The fourth-order valence-corrected chi connectivity index (χ4v) is 4.50. The van der Waals surface area contributed by atoms with E-state index in [1.165, 1.54) is 32.1 Å². The first kappa shape index (κ1) is 25.2. The third kappa shape index (κ3) is 6.72. The molecular weight excluding hydrogens is 390 g/mol. The number of ether oxygens (including phenoxy) is 1. The van der Waals surface area contributed by atoms with Gasteiger partial charge in [0.15, 0.2) is 0 Å². The van der Waals surface area contributed by atoms with Crippen LogP contribution in [0.2, 0.25) is 0 Å². The molecule has 174 valence electrons. The lowest BCUT2D eigenvalue weighted by atomic mass is 9.84. The smallest absolute Gasteiger partial charge is 0.242 e. The van der Waals surface area contributed by atoms with Gasteiger partial charge in [0.25, 0.3) is 0 Å². The SMILES string of the molecule is CCCCCCCCC/C=C(/CCC1(C)CCc2c(C)c(O)c(C)c(C)c2O1)[N+](=O)[O-]. The Kier molecular flexibility index (Phi) is 9.39. The normalized spacial score (nSPS) is 18.5. The van der Waals surface area contributed by atoms with E-state index in [-0.39, 0.29) is 4.92 Å². The van der Waals surface area contributed by atoms with E-state index in [9.17, 15) is 15.2 Å². The summed E-state index contributed by atoms with van der Waals surface area (Å²) < 4.78 is 6.43. The summed E-state index contributed by atoms with van der Waals surface area (Å²) in [6.07, 6.45) is 13.8. The van der Waals surface area contributed by atoms with E-state index in [4.69, 9.17) is 4.74 Å². The summed E-state index contributed by atoms with van der Waals surface area (Å²) >= 11 is 0. The molecule has 0 spiro atoms. The molecule has 1 N–H and O–H groups in total. The van der Waals surface area contributed by atoms with Crippen LogP contribution < -0.4 is 4.74 Å². The van der Waals surface area contributed by atoms with E-state index in [0.29, 0.717) is 24.3 Å². The van der Waals surface area contributed by atoms with Gasteiger partial charge in [-0.2, -0.15) is 0 Å². The van der Waals surface area contributed by atoms with Crippen molar-refractivity contribution < 1.29 is 14.8 Å². The number of fused-ring (bicyclic) bond motifs is 1.